The number of rotatable bonds is 6. The molecule has 3 heterocycles. The molecule has 0 radical (unpaired) electrons. The van der Waals surface area contributed by atoms with Gasteiger partial charge in [0.2, 0.25) is 5.91 Å². The van der Waals surface area contributed by atoms with E-state index in [4.69, 9.17) is 13.9 Å². The van der Waals surface area contributed by atoms with Gasteiger partial charge < -0.3 is 23.9 Å². The number of carbonyl (C=O) groups is 2. The Morgan fingerprint density at radius 1 is 1.32 bits per heavy atom. The molecule has 2 bridgehead atoms. The smallest absolute Gasteiger partial charge is 0.303 e. The Kier molecular flexibility index (Phi) is 5.49. The van der Waals surface area contributed by atoms with Gasteiger partial charge in [0.1, 0.15) is 11.7 Å². The first-order valence-corrected chi connectivity index (χ1v) is 12.9. The summed E-state index contributed by atoms with van der Waals surface area (Å²) in [6, 6.07) is 5.12. The third-order valence-electron chi connectivity index (χ3n) is 9.00. The molecule has 1 saturated heterocycles. The summed E-state index contributed by atoms with van der Waals surface area (Å²) in [5.74, 6) is 0.0738. The zero-order valence-corrected chi connectivity index (χ0v) is 21.2. The van der Waals surface area contributed by atoms with Gasteiger partial charge in [-0.15, -0.1) is 6.58 Å². The van der Waals surface area contributed by atoms with E-state index >= 15 is 0 Å². The maximum absolute atomic E-state index is 13.3. The molecular formula is C29H32N2O6. The van der Waals surface area contributed by atoms with Crippen LogP contribution in [-0.4, -0.2) is 70.7 Å². The molecule has 194 valence electrons. The number of hydrogen-bond acceptors (Lipinski definition) is 7. The van der Waals surface area contributed by atoms with E-state index in [1.54, 1.807) is 42.7 Å². The van der Waals surface area contributed by atoms with E-state index in [2.05, 4.69) is 11.5 Å². The van der Waals surface area contributed by atoms with Crippen molar-refractivity contribution in [2.75, 3.05) is 20.1 Å². The molecule has 2 aliphatic heterocycles. The monoisotopic (exact) mass is 504 g/mol. The van der Waals surface area contributed by atoms with Gasteiger partial charge in [-0.25, -0.2) is 0 Å². The molecule has 1 aromatic heterocycles. The van der Waals surface area contributed by atoms with Crippen molar-refractivity contribution in [2.24, 2.45) is 0 Å². The lowest BCUT2D eigenvalue weighted by Crippen LogP contribution is -2.79. The molecule has 0 unspecified atom stereocenters. The van der Waals surface area contributed by atoms with Crippen LogP contribution < -0.4 is 4.74 Å². The van der Waals surface area contributed by atoms with Crippen molar-refractivity contribution in [1.82, 2.24) is 9.80 Å². The van der Waals surface area contributed by atoms with Crippen LogP contribution in [0.25, 0.3) is 6.08 Å². The molecule has 37 heavy (non-hydrogen) atoms. The normalized spacial score (nSPS) is 31.5. The number of likely N-dealkylation sites (tertiary alicyclic amines) is 1. The second kappa shape index (κ2) is 8.52. The number of aromatic hydroxyl groups is 1. The number of hydrogen-bond donors (Lipinski definition) is 1. The summed E-state index contributed by atoms with van der Waals surface area (Å²) in [5.41, 5.74) is 1.36. The number of ether oxygens (including phenoxy) is 2. The van der Waals surface area contributed by atoms with E-state index in [0.717, 1.165) is 23.2 Å². The van der Waals surface area contributed by atoms with Gasteiger partial charge in [0.15, 0.2) is 11.5 Å². The highest BCUT2D eigenvalue weighted by Crippen LogP contribution is 2.67. The molecule has 5 atom stereocenters. The number of nitrogens with zero attached hydrogens (tertiary/aromatic N) is 2. The lowest BCUT2D eigenvalue weighted by atomic mass is 9.48. The van der Waals surface area contributed by atoms with Crippen LogP contribution in [0.2, 0.25) is 0 Å². The lowest BCUT2D eigenvalue weighted by molar-refractivity contribution is -0.222. The summed E-state index contributed by atoms with van der Waals surface area (Å²) < 4.78 is 18.1. The molecular weight excluding hydrogens is 472 g/mol. The van der Waals surface area contributed by atoms with Crippen molar-refractivity contribution in [3.63, 3.8) is 0 Å². The molecule has 2 aromatic rings. The van der Waals surface area contributed by atoms with E-state index < -0.39 is 17.1 Å². The van der Waals surface area contributed by atoms with Gasteiger partial charge in [0.25, 0.3) is 0 Å². The van der Waals surface area contributed by atoms with Gasteiger partial charge in [0, 0.05) is 44.3 Å². The first-order chi connectivity index (χ1) is 17.8. The number of phenolic OH excluding ortho intramolecular Hbond substituents is 1. The molecule has 2 aliphatic carbocycles. The van der Waals surface area contributed by atoms with Crippen LogP contribution in [-0.2, 0) is 26.2 Å². The van der Waals surface area contributed by atoms with Gasteiger partial charge >= 0.3 is 5.97 Å². The number of piperidine rings is 1. The highest BCUT2D eigenvalue weighted by atomic mass is 16.6. The number of benzene rings is 1. The van der Waals surface area contributed by atoms with E-state index in [-0.39, 0.29) is 29.7 Å². The van der Waals surface area contributed by atoms with Crippen LogP contribution in [0.15, 0.2) is 53.9 Å². The second-order valence-corrected chi connectivity index (χ2v) is 10.6. The summed E-state index contributed by atoms with van der Waals surface area (Å²) in [4.78, 5) is 30.0. The minimum atomic E-state index is -0.830. The van der Waals surface area contributed by atoms with E-state index in [0.29, 0.717) is 38.0 Å². The third kappa shape index (κ3) is 3.24. The maximum atomic E-state index is 13.3. The topological polar surface area (TPSA) is 92.5 Å². The predicted octanol–water partition coefficient (Wildman–Crippen LogP) is 3.44. The van der Waals surface area contributed by atoms with Crippen LogP contribution in [0.3, 0.4) is 0 Å². The Morgan fingerprint density at radius 2 is 2.16 bits per heavy atom. The van der Waals surface area contributed by atoms with Crippen molar-refractivity contribution in [2.45, 2.75) is 61.8 Å². The Balaban J connectivity index is 1.46. The Hall–Kier alpha value is -3.52. The summed E-state index contributed by atoms with van der Waals surface area (Å²) in [6.45, 7) is 6.89. The molecule has 2 fully saturated rings. The predicted molar refractivity (Wildman–Crippen MR) is 136 cm³/mol. The standard InChI is InChI=1S/C29H32N2O6/c1-4-13-31-14-12-28-25-20-6-7-22(33)26(25)36-27(28)21(9-11-29(28,23(31)16-20)37-18(2)32)30(3)24(34)8-5-19-10-15-35-17-19/h4-8,10,15,17,21,23,27,33H,1,9,11-14,16H2,2-3H3/b8-5+/t21-,23-,27+,28+,29-/m1/s1. The number of amides is 1. The van der Waals surface area contributed by atoms with Gasteiger partial charge in [-0.1, -0.05) is 12.1 Å². The molecule has 8 heteroatoms. The fraction of sp³-hybridized carbons (Fsp3) is 0.448. The molecule has 1 saturated carbocycles. The number of esters is 1. The first kappa shape index (κ1) is 23.9. The van der Waals surface area contributed by atoms with E-state index in [1.807, 2.05) is 12.1 Å². The maximum Gasteiger partial charge on any atom is 0.303 e. The molecule has 1 spiro atoms. The van der Waals surface area contributed by atoms with E-state index in [1.165, 1.54) is 13.0 Å². The lowest BCUT2D eigenvalue weighted by Gasteiger charge is -2.65. The van der Waals surface area contributed by atoms with Crippen molar-refractivity contribution in [3.05, 3.63) is 66.1 Å². The molecule has 1 amide bonds. The van der Waals surface area contributed by atoms with Crippen LogP contribution in [0.4, 0.5) is 0 Å². The zero-order chi connectivity index (χ0) is 25.9. The molecule has 6 rings (SSSR count). The van der Waals surface area contributed by atoms with Gasteiger partial charge in [-0.2, -0.15) is 0 Å². The van der Waals surface area contributed by atoms with Crippen molar-refractivity contribution in [1.29, 1.82) is 0 Å². The van der Waals surface area contributed by atoms with Crippen LogP contribution in [0.1, 0.15) is 42.9 Å². The summed E-state index contributed by atoms with van der Waals surface area (Å²) >= 11 is 0. The average Bonchev–Trinajstić information content (AvgIpc) is 3.51. The second-order valence-electron chi connectivity index (χ2n) is 10.6. The summed E-state index contributed by atoms with van der Waals surface area (Å²) in [6.07, 6.45) is 10.4. The van der Waals surface area contributed by atoms with Crippen molar-refractivity contribution >= 4 is 18.0 Å². The molecule has 1 aromatic carbocycles. The third-order valence-corrected chi connectivity index (χ3v) is 9.00. The van der Waals surface area contributed by atoms with Crippen molar-refractivity contribution in [3.8, 4) is 11.5 Å². The fourth-order valence-corrected chi connectivity index (χ4v) is 7.64. The summed E-state index contributed by atoms with van der Waals surface area (Å²) in [7, 11) is 1.79. The SMILES string of the molecule is C=CCN1CC[C@]23c4c5ccc(O)c4O[C@H]2[C@H](N(C)C(=O)/C=C/c2ccoc2)CC[C@@]3(OC(C)=O)[C@H]1C5. The number of carbonyl (C=O) groups excluding carboxylic acids is 2. The first-order valence-electron chi connectivity index (χ1n) is 12.9. The minimum absolute atomic E-state index is 0.0554. The quantitative estimate of drug-likeness (QED) is 0.366. The highest BCUT2D eigenvalue weighted by Gasteiger charge is 2.75. The fourth-order valence-electron chi connectivity index (χ4n) is 7.64. The largest absolute Gasteiger partial charge is 0.504 e. The molecule has 1 N–H and O–H groups in total. The van der Waals surface area contributed by atoms with Crippen molar-refractivity contribution < 1.29 is 28.6 Å². The number of likely N-dealkylation sites (N-methyl/N-ethyl adjacent to an activating group) is 1. The van der Waals surface area contributed by atoms with E-state index in [9.17, 15) is 14.7 Å². The molecule has 8 nitrogen and oxygen atoms in total. The van der Waals surface area contributed by atoms with Gasteiger partial charge in [-0.3, -0.25) is 14.5 Å². The van der Waals surface area contributed by atoms with Crippen LogP contribution in [0, 0.1) is 0 Å². The average molecular weight is 505 g/mol. The molecule has 4 aliphatic rings. The van der Waals surface area contributed by atoms with Crippen LogP contribution in [0.5, 0.6) is 11.5 Å². The number of phenols is 1. The zero-order valence-electron chi connectivity index (χ0n) is 21.2. The number of furan rings is 1. The van der Waals surface area contributed by atoms with Crippen LogP contribution >= 0.6 is 0 Å². The summed E-state index contributed by atoms with van der Waals surface area (Å²) in [5, 5.41) is 10.9. The van der Waals surface area contributed by atoms with Gasteiger partial charge in [-0.05, 0) is 49.5 Å². The highest BCUT2D eigenvalue weighted by molar-refractivity contribution is 5.92. The Morgan fingerprint density at radius 3 is 2.89 bits per heavy atom. The Bertz CT molecular complexity index is 1290. The van der Waals surface area contributed by atoms with Gasteiger partial charge in [0.05, 0.1) is 30.0 Å². The Labute approximate surface area is 216 Å². The minimum Gasteiger partial charge on any atom is -0.504 e.